The third-order valence-corrected chi connectivity index (χ3v) is 1.66. The number of non-ortho nitro benzene ring substituents is 1. The van der Waals surface area contributed by atoms with Gasteiger partial charge in [-0.3, -0.25) is 14.9 Å². The smallest absolute Gasteiger partial charge is 0.417 e. The van der Waals surface area contributed by atoms with Crippen molar-refractivity contribution < 1.29 is 19.2 Å². The Kier molecular flexibility index (Phi) is 3.50. The lowest BCUT2D eigenvalue weighted by atomic mass is 10.1. The van der Waals surface area contributed by atoms with E-state index in [0.717, 1.165) is 6.47 Å². The molecule has 0 spiro atoms. The van der Waals surface area contributed by atoms with E-state index >= 15 is 0 Å². The zero-order valence-electron chi connectivity index (χ0n) is 7.50. The molecular formula is C9H6NO5. The maximum absolute atomic E-state index is 11.2. The fourth-order valence-corrected chi connectivity index (χ4v) is 0.947. The average Bonchev–Trinajstić information content (AvgIpc) is 2.26. The van der Waals surface area contributed by atoms with Gasteiger partial charge in [-0.1, -0.05) is 0 Å². The van der Waals surface area contributed by atoms with Crippen molar-refractivity contribution in [1.29, 1.82) is 0 Å². The number of ether oxygens (including phenoxy) is 1. The Balaban J connectivity index is 2.75. The molecule has 0 saturated carbocycles. The Hall–Kier alpha value is -2.24. The van der Waals surface area contributed by atoms with E-state index in [1.165, 1.54) is 24.3 Å². The van der Waals surface area contributed by atoms with Gasteiger partial charge in [-0.2, -0.15) is 0 Å². The van der Waals surface area contributed by atoms with Crippen LogP contribution < -0.4 is 0 Å². The van der Waals surface area contributed by atoms with E-state index in [1.807, 2.05) is 0 Å². The predicted octanol–water partition coefficient (Wildman–Crippen LogP) is 0.861. The molecule has 77 valence electrons. The van der Waals surface area contributed by atoms with Gasteiger partial charge in [-0.05, 0) is 12.1 Å². The van der Waals surface area contributed by atoms with Crippen molar-refractivity contribution >= 4 is 17.9 Å². The largest absolute Gasteiger partial charge is 0.449 e. The number of nitro groups is 1. The van der Waals surface area contributed by atoms with Gasteiger partial charge >= 0.3 is 6.47 Å². The van der Waals surface area contributed by atoms with Crippen LogP contribution in [0.2, 0.25) is 0 Å². The van der Waals surface area contributed by atoms with E-state index < -0.39 is 17.3 Å². The molecule has 0 fully saturated rings. The number of carbonyl (C=O) groups excluding carboxylic acids is 2. The van der Waals surface area contributed by atoms with Crippen molar-refractivity contribution in [2.75, 3.05) is 6.61 Å². The SMILES string of the molecule is O=[C]OCC(=O)c1ccc([N+](=O)[O-])cc1. The summed E-state index contributed by atoms with van der Waals surface area (Å²) in [5.74, 6) is -0.437. The van der Waals surface area contributed by atoms with E-state index in [-0.39, 0.29) is 11.3 Å². The molecule has 15 heavy (non-hydrogen) atoms. The molecule has 6 heteroatoms. The topological polar surface area (TPSA) is 86.5 Å². The average molecular weight is 208 g/mol. The monoisotopic (exact) mass is 208 g/mol. The first-order valence-corrected chi connectivity index (χ1v) is 3.91. The summed E-state index contributed by atoms with van der Waals surface area (Å²) in [5, 5.41) is 10.3. The molecule has 6 nitrogen and oxygen atoms in total. The van der Waals surface area contributed by atoms with Gasteiger partial charge in [0.05, 0.1) is 4.92 Å². The highest BCUT2D eigenvalue weighted by atomic mass is 16.6. The van der Waals surface area contributed by atoms with E-state index in [1.54, 1.807) is 0 Å². The predicted molar refractivity (Wildman–Crippen MR) is 49.1 cm³/mol. The van der Waals surface area contributed by atoms with Crippen molar-refractivity contribution in [1.82, 2.24) is 0 Å². The molecule has 0 aliphatic rings. The van der Waals surface area contributed by atoms with Gasteiger partial charge in [0.1, 0.15) is 0 Å². The number of benzene rings is 1. The molecule has 1 radical (unpaired) electrons. The highest BCUT2D eigenvalue weighted by Gasteiger charge is 2.09. The first-order valence-electron chi connectivity index (χ1n) is 3.91. The van der Waals surface area contributed by atoms with Crippen molar-refractivity contribution in [2.24, 2.45) is 0 Å². The van der Waals surface area contributed by atoms with E-state index in [4.69, 9.17) is 0 Å². The Bertz CT molecular complexity index is 384. The Morgan fingerprint density at radius 1 is 1.40 bits per heavy atom. The summed E-state index contributed by atoms with van der Waals surface area (Å²) in [6.45, 7) is 0.704. The second kappa shape index (κ2) is 4.85. The highest BCUT2D eigenvalue weighted by Crippen LogP contribution is 2.12. The molecule has 0 heterocycles. The number of hydrogen-bond acceptors (Lipinski definition) is 5. The molecule has 0 aliphatic heterocycles. The number of hydrogen-bond donors (Lipinski definition) is 0. The minimum Gasteiger partial charge on any atom is -0.449 e. The lowest BCUT2D eigenvalue weighted by molar-refractivity contribution is -0.384. The van der Waals surface area contributed by atoms with Crippen molar-refractivity contribution in [3.8, 4) is 0 Å². The second-order valence-corrected chi connectivity index (χ2v) is 2.60. The number of carbonyl (C=O) groups is 1. The van der Waals surface area contributed by atoms with Crippen LogP contribution in [0.5, 0.6) is 0 Å². The number of nitro benzene ring substituents is 1. The fraction of sp³-hybridized carbons (Fsp3) is 0.111. The van der Waals surface area contributed by atoms with Crippen LogP contribution in [0.25, 0.3) is 0 Å². The highest BCUT2D eigenvalue weighted by molar-refractivity contribution is 5.97. The van der Waals surface area contributed by atoms with Gasteiger partial charge < -0.3 is 4.74 Å². The normalized spacial score (nSPS) is 9.33. The summed E-state index contributed by atoms with van der Waals surface area (Å²) < 4.78 is 4.14. The Morgan fingerprint density at radius 3 is 2.47 bits per heavy atom. The Morgan fingerprint density at radius 2 is 2.00 bits per heavy atom. The fourth-order valence-electron chi connectivity index (χ4n) is 0.947. The molecule has 0 saturated heterocycles. The van der Waals surface area contributed by atoms with E-state index in [0.29, 0.717) is 0 Å². The van der Waals surface area contributed by atoms with Crippen molar-refractivity contribution in [3.63, 3.8) is 0 Å². The maximum Gasteiger partial charge on any atom is 0.417 e. The molecule has 1 rings (SSSR count). The van der Waals surface area contributed by atoms with Gasteiger partial charge in [0, 0.05) is 17.7 Å². The molecule has 0 bridgehead atoms. The summed E-state index contributed by atoms with van der Waals surface area (Å²) in [6, 6.07) is 5.01. The summed E-state index contributed by atoms with van der Waals surface area (Å²) in [5.41, 5.74) is 0.144. The van der Waals surface area contributed by atoms with Crippen LogP contribution in [-0.2, 0) is 9.53 Å². The lowest BCUT2D eigenvalue weighted by Crippen LogP contribution is -2.07. The summed E-state index contributed by atoms with van der Waals surface area (Å²) in [7, 11) is 0. The van der Waals surface area contributed by atoms with Gasteiger partial charge in [-0.25, -0.2) is 4.79 Å². The van der Waals surface area contributed by atoms with Crippen LogP contribution in [0.4, 0.5) is 5.69 Å². The van der Waals surface area contributed by atoms with Crippen LogP contribution in [0.1, 0.15) is 10.4 Å². The molecule has 0 amide bonds. The van der Waals surface area contributed by atoms with Crippen molar-refractivity contribution in [3.05, 3.63) is 39.9 Å². The molecule has 0 N–H and O–H groups in total. The summed E-state index contributed by atoms with van der Waals surface area (Å²) in [6.07, 6.45) is 0. The minimum absolute atomic E-state index is 0.102. The maximum atomic E-state index is 11.2. The number of rotatable bonds is 5. The third kappa shape index (κ3) is 2.87. The molecule has 1 aromatic rings. The zero-order valence-corrected chi connectivity index (χ0v) is 7.50. The van der Waals surface area contributed by atoms with Gasteiger partial charge in [-0.15, -0.1) is 0 Å². The quantitative estimate of drug-likeness (QED) is 0.407. The minimum atomic E-state index is -0.566. The van der Waals surface area contributed by atoms with Crippen LogP contribution in [0.3, 0.4) is 0 Å². The molecule has 0 aliphatic carbocycles. The molecule has 1 aromatic carbocycles. The van der Waals surface area contributed by atoms with Gasteiger partial charge in [0.2, 0.25) is 0 Å². The molecule has 0 atom stereocenters. The van der Waals surface area contributed by atoms with E-state index in [9.17, 15) is 19.7 Å². The summed E-state index contributed by atoms with van der Waals surface area (Å²) >= 11 is 0. The van der Waals surface area contributed by atoms with Gasteiger partial charge in [0.25, 0.3) is 5.69 Å². The van der Waals surface area contributed by atoms with E-state index in [2.05, 4.69) is 4.74 Å². The van der Waals surface area contributed by atoms with Crippen molar-refractivity contribution in [2.45, 2.75) is 0 Å². The third-order valence-electron chi connectivity index (χ3n) is 1.66. The van der Waals surface area contributed by atoms with Crippen LogP contribution in [0.15, 0.2) is 24.3 Å². The number of ketones is 1. The van der Waals surface area contributed by atoms with Crippen LogP contribution in [0, 0.1) is 10.1 Å². The Labute approximate surface area is 84.6 Å². The number of nitrogens with zero attached hydrogens (tertiary/aromatic N) is 1. The number of Topliss-reactive ketones (excluding diaryl/α,β-unsaturated/α-hetero) is 1. The molecule has 0 aromatic heterocycles. The first-order chi connectivity index (χ1) is 7.15. The second-order valence-electron chi connectivity index (χ2n) is 2.60. The molecular weight excluding hydrogens is 202 g/mol. The summed E-state index contributed by atoms with van der Waals surface area (Å²) in [4.78, 5) is 30.6. The first kappa shape index (κ1) is 10.8. The molecule has 0 unspecified atom stereocenters. The standard InChI is InChI=1S/C9H6NO5/c11-6-15-5-9(12)7-1-3-8(4-2-7)10(13)14/h1-4H,5H2. The van der Waals surface area contributed by atoms with Crippen LogP contribution >= 0.6 is 0 Å². The van der Waals surface area contributed by atoms with Gasteiger partial charge in [0.15, 0.2) is 12.4 Å². The lowest BCUT2D eigenvalue weighted by Gasteiger charge is -1.98. The van der Waals surface area contributed by atoms with Crippen LogP contribution in [-0.4, -0.2) is 23.8 Å². The zero-order chi connectivity index (χ0) is 11.3.